The van der Waals surface area contributed by atoms with Gasteiger partial charge in [-0.2, -0.15) is 23.3 Å². The molecule has 0 saturated heterocycles. The third kappa shape index (κ3) is 3.91. The van der Waals surface area contributed by atoms with Gasteiger partial charge < -0.3 is 9.84 Å². The largest absolute Gasteiger partial charge is 0.484 e. The van der Waals surface area contributed by atoms with E-state index in [1.54, 1.807) is 30.3 Å². The Balaban J connectivity index is 1.85. The molecular weight excluding hydrogens is 385 g/mol. The second-order valence-electron chi connectivity index (χ2n) is 5.85. The fourth-order valence-electron chi connectivity index (χ4n) is 2.55. The number of hydrogen-bond donors (Lipinski definition) is 1. The lowest BCUT2D eigenvalue weighted by atomic mass is 10.0. The van der Waals surface area contributed by atoms with Crippen molar-refractivity contribution in [2.45, 2.75) is 18.3 Å². The van der Waals surface area contributed by atoms with Crippen molar-refractivity contribution < 1.29 is 27.8 Å². The molecule has 3 rings (SSSR count). The topological polar surface area (TPSA) is 62.1 Å². The van der Waals surface area contributed by atoms with Crippen molar-refractivity contribution in [3.8, 4) is 5.75 Å². The summed E-state index contributed by atoms with van der Waals surface area (Å²) < 4.78 is 45.7. The molecule has 5 nitrogen and oxygen atoms in total. The molecule has 2 aromatic rings. The van der Waals surface area contributed by atoms with E-state index < -0.39 is 30.8 Å². The number of amides is 1. The number of rotatable bonds is 4. The highest BCUT2D eigenvalue weighted by Crippen LogP contribution is 2.41. The molecule has 0 fully saturated rings. The van der Waals surface area contributed by atoms with Crippen LogP contribution in [0.4, 0.5) is 13.2 Å². The van der Waals surface area contributed by atoms with Gasteiger partial charge >= 0.3 is 6.18 Å². The quantitative estimate of drug-likeness (QED) is 0.856. The highest BCUT2D eigenvalue weighted by molar-refractivity contribution is 6.30. The number of para-hydroxylation sites is 1. The predicted molar refractivity (Wildman–Crippen MR) is 92.4 cm³/mol. The highest BCUT2D eigenvalue weighted by Gasteiger charge is 2.63. The molecule has 0 spiro atoms. The average molecular weight is 399 g/mol. The van der Waals surface area contributed by atoms with Crippen LogP contribution >= 0.6 is 11.6 Å². The number of carbonyl (C=O) groups excluding carboxylic acids is 1. The van der Waals surface area contributed by atoms with E-state index in [1.165, 1.54) is 24.3 Å². The zero-order valence-electron chi connectivity index (χ0n) is 13.8. The molecule has 1 unspecified atom stereocenters. The molecule has 9 heteroatoms. The van der Waals surface area contributed by atoms with E-state index in [0.717, 1.165) is 0 Å². The van der Waals surface area contributed by atoms with Crippen LogP contribution in [0.3, 0.4) is 0 Å². The second-order valence-corrected chi connectivity index (χ2v) is 6.29. The molecule has 0 radical (unpaired) electrons. The van der Waals surface area contributed by atoms with Gasteiger partial charge in [0.25, 0.3) is 11.6 Å². The van der Waals surface area contributed by atoms with E-state index in [1.807, 2.05) is 0 Å². The van der Waals surface area contributed by atoms with Crippen LogP contribution in [0.5, 0.6) is 5.75 Å². The van der Waals surface area contributed by atoms with Gasteiger partial charge in [0.05, 0.1) is 12.1 Å². The lowest BCUT2D eigenvalue weighted by Crippen LogP contribution is -2.57. The maximum absolute atomic E-state index is 13.5. The lowest BCUT2D eigenvalue weighted by Gasteiger charge is -2.32. The summed E-state index contributed by atoms with van der Waals surface area (Å²) in [6.45, 7) is -0.709. The molecule has 0 aromatic heterocycles. The summed E-state index contributed by atoms with van der Waals surface area (Å²) in [5.74, 6) is -0.815. The summed E-state index contributed by atoms with van der Waals surface area (Å²) in [5.41, 5.74) is -3.21. The minimum absolute atomic E-state index is 0.0415. The van der Waals surface area contributed by atoms with Crippen molar-refractivity contribution >= 4 is 23.2 Å². The number of alkyl halides is 3. The van der Waals surface area contributed by atoms with Crippen LogP contribution in [0.25, 0.3) is 0 Å². The first-order valence-electron chi connectivity index (χ1n) is 7.84. The number of benzene rings is 2. The minimum Gasteiger partial charge on any atom is -0.484 e. The Hall–Kier alpha value is -2.58. The van der Waals surface area contributed by atoms with Crippen LogP contribution in [0.1, 0.15) is 12.0 Å². The summed E-state index contributed by atoms with van der Waals surface area (Å²) in [6, 6.07) is 14.0. The first-order chi connectivity index (χ1) is 12.7. The number of halogens is 4. The number of aliphatic hydroxyl groups is 1. The Bertz CT molecular complexity index is 856. The Morgan fingerprint density at radius 3 is 2.41 bits per heavy atom. The number of ether oxygens (including phenoxy) is 1. The first kappa shape index (κ1) is 19.2. The van der Waals surface area contributed by atoms with Gasteiger partial charge in [-0.3, -0.25) is 4.79 Å². The highest BCUT2D eigenvalue weighted by atomic mass is 35.5. The van der Waals surface area contributed by atoms with Crippen LogP contribution in [0.15, 0.2) is 59.7 Å². The van der Waals surface area contributed by atoms with E-state index in [9.17, 15) is 23.1 Å². The molecule has 1 atom stereocenters. The van der Waals surface area contributed by atoms with Crippen LogP contribution in [-0.2, 0) is 4.79 Å². The molecule has 1 amide bonds. The Labute approximate surface area is 157 Å². The van der Waals surface area contributed by atoms with Crippen LogP contribution < -0.4 is 4.74 Å². The number of hydrogen-bond acceptors (Lipinski definition) is 4. The maximum Gasteiger partial charge on any atom is 0.438 e. The van der Waals surface area contributed by atoms with Gasteiger partial charge in [-0.1, -0.05) is 41.9 Å². The number of nitrogens with zero attached hydrogens (tertiary/aromatic N) is 2. The zero-order chi connectivity index (χ0) is 19.7. The van der Waals surface area contributed by atoms with E-state index in [-0.39, 0.29) is 10.7 Å². The molecule has 27 heavy (non-hydrogen) atoms. The third-order valence-electron chi connectivity index (χ3n) is 3.96. The Kier molecular flexibility index (Phi) is 5.12. The minimum atomic E-state index is -5.10. The number of carbonyl (C=O) groups is 1. The molecule has 1 aliphatic heterocycles. The normalized spacial score (nSPS) is 19.7. The SMILES string of the molecule is O=C(COc1ccccc1)N1N=C(c2ccc(Cl)cc2)CC1(O)C(F)(F)F. The molecule has 1 aliphatic rings. The third-order valence-corrected chi connectivity index (χ3v) is 4.21. The Morgan fingerprint density at radius 1 is 1.19 bits per heavy atom. The van der Waals surface area contributed by atoms with E-state index >= 15 is 0 Å². The summed E-state index contributed by atoms with van der Waals surface area (Å²) >= 11 is 5.78. The average Bonchev–Trinajstić information content (AvgIpc) is 3.00. The second kappa shape index (κ2) is 7.21. The Morgan fingerprint density at radius 2 is 1.81 bits per heavy atom. The van der Waals surface area contributed by atoms with E-state index in [4.69, 9.17) is 16.3 Å². The molecule has 1 N–H and O–H groups in total. The lowest BCUT2D eigenvalue weighted by molar-refractivity contribution is -0.302. The van der Waals surface area contributed by atoms with Gasteiger partial charge in [0.2, 0.25) is 0 Å². The summed E-state index contributed by atoms with van der Waals surface area (Å²) in [5, 5.41) is 14.4. The van der Waals surface area contributed by atoms with Crippen molar-refractivity contribution in [2.24, 2.45) is 5.10 Å². The summed E-state index contributed by atoms with van der Waals surface area (Å²) in [4.78, 5) is 12.3. The maximum atomic E-state index is 13.5. The standard InChI is InChI=1S/C18H14ClF3N2O3/c19-13-8-6-12(7-9-13)15-10-17(26,18(20,21)22)24(23-15)16(25)11-27-14-4-2-1-3-5-14/h1-9,26H,10-11H2. The molecule has 0 aliphatic carbocycles. The van der Waals surface area contributed by atoms with Crippen LogP contribution in [0.2, 0.25) is 5.02 Å². The smallest absolute Gasteiger partial charge is 0.438 e. The van der Waals surface area contributed by atoms with Crippen LogP contribution in [-0.4, -0.2) is 40.2 Å². The summed E-state index contributed by atoms with van der Waals surface area (Å²) in [7, 11) is 0. The molecule has 2 aromatic carbocycles. The van der Waals surface area contributed by atoms with Crippen molar-refractivity contribution in [1.29, 1.82) is 0 Å². The molecule has 0 saturated carbocycles. The van der Waals surface area contributed by atoms with Gasteiger partial charge in [0.1, 0.15) is 5.75 Å². The van der Waals surface area contributed by atoms with Crippen molar-refractivity contribution in [1.82, 2.24) is 5.01 Å². The first-order valence-corrected chi connectivity index (χ1v) is 8.22. The summed E-state index contributed by atoms with van der Waals surface area (Å²) in [6.07, 6.45) is -6.00. The predicted octanol–water partition coefficient (Wildman–Crippen LogP) is 3.61. The van der Waals surface area contributed by atoms with E-state index in [2.05, 4.69) is 5.10 Å². The van der Waals surface area contributed by atoms with Gasteiger partial charge in [0, 0.05) is 5.02 Å². The molecular formula is C18H14ClF3N2O3. The van der Waals surface area contributed by atoms with Crippen molar-refractivity contribution in [2.75, 3.05) is 6.61 Å². The van der Waals surface area contributed by atoms with Gasteiger partial charge in [-0.05, 0) is 29.8 Å². The van der Waals surface area contributed by atoms with Gasteiger partial charge in [-0.25, -0.2) is 0 Å². The molecule has 0 bridgehead atoms. The molecule has 142 valence electrons. The van der Waals surface area contributed by atoms with Crippen molar-refractivity contribution in [3.63, 3.8) is 0 Å². The van der Waals surface area contributed by atoms with Crippen LogP contribution in [0, 0.1) is 0 Å². The van der Waals surface area contributed by atoms with Gasteiger partial charge in [0.15, 0.2) is 6.61 Å². The van der Waals surface area contributed by atoms with Crippen molar-refractivity contribution in [3.05, 3.63) is 65.2 Å². The fourth-order valence-corrected chi connectivity index (χ4v) is 2.68. The van der Waals surface area contributed by atoms with Gasteiger partial charge in [-0.15, -0.1) is 0 Å². The monoisotopic (exact) mass is 398 g/mol. The fraction of sp³-hybridized carbons (Fsp3) is 0.222. The van der Waals surface area contributed by atoms with E-state index in [0.29, 0.717) is 16.3 Å². The number of hydrazone groups is 1. The zero-order valence-corrected chi connectivity index (χ0v) is 14.5. The molecule has 1 heterocycles.